The molecule has 2 nitrogen and oxygen atoms in total. The summed E-state index contributed by atoms with van der Waals surface area (Å²) < 4.78 is 0. The zero-order chi connectivity index (χ0) is 12.5. The van der Waals surface area contributed by atoms with Gasteiger partial charge in [0.05, 0.1) is 23.3 Å². The van der Waals surface area contributed by atoms with Crippen molar-refractivity contribution in [2.75, 3.05) is 0 Å². The predicted molar refractivity (Wildman–Crippen MR) is 74.1 cm³/mol. The van der Waals surface area contributed by atoms with Crippen molar-refractivity contribution >= 4 is 11.6 Å². The van der Waals surface area contributed by atoms with Crippen LogP contribution in [-0.2, 0) is 6.42 Å². The minimum atomic E-state index is 0.963. The van der Waals surface area contributed by atoms with Gasteiger partial charge in [-0.05, 0) is 49.5 Å². The highest BCUT2D eigenvalue weighted by molar-refractivity contribution is 5.84. The van der Waals surface area contributed by atoms with E-state index in [1.54, 1.807) is 0 Å². The van der Waals surface area contributed by atoms with E-state index in [2.05, 4.69) is 40.3 Å². The molecular weight excluding hydrogens is 220 g/mol. The third kappa shape index (κ3) is 1.94. The van der Waals surface area contributed by atoms with E-state index in [0.29, 0.717) is 0 Å². The molecule has 0 saturated heterocycles. The maximum absolute atomic E-state index is 4.57. The van der Waals surface area contributed by atoms with Crippen molar-refractivity contribution in [3.8, 4) is 0 Å². The number of nitrogens with zero attached hydrogens (tertiary/aromatic N) is 2. The van der Waals surface area contributed by atoms with Gasteiger partial charge in [0.15, 0.2) is 0 Å². The summed E-state index contributed by atoms with van der Waals surface area (Å²) in [6.45, 7) is 4.00. The van der Waals surface area contributed by atoms with Crippen molar-refractivity contribution < 1.29 is 0 Å². The van der Waals surface area contributed by atoms with Crippen LogP contribution in [0.25, 0.3) is 11.6 Å². The Labute approximate surface area is 107 Å². The summed E-state index contributed by atoms with van der Waals surface area (Å²) in [6, 6.07) is 8.62. The van der Waals surface area contributed by atoms with Crippen LogP contribution in [-0.4, -0.2) is 9.97 Å². The molecule has 3 rings (SSSR count). The van der Waals surface area contributed by atoms with Crippen molar-refractivity contribution in [3.05, 3.63) is 58.7 Å². The summed E-state index contributed by atoms with van der Waals surface area (Å²) in [7, 11) is 0. The molecule has 0 fully saturated rings. The van der Waals surface area contributed by atoms with Crippen LogP contribution >= 0.6 is 0 Å². The van der Waals surface area contributed by atoms with E-state index in [1.807, 2.05) is 20.0 Å². The first-order valence-electron chi connectivity index (χ1n) is 6.33. The molecular formula is C16H16N2. The topological polar surface area (TPSA) is 25.8 Å². The van der Waals surface area contributed by atoms with Crippen LogP contribution in [0.4, 0.5) is 0 Å². The Hall–Kier alpha value is -1.96. The van der Waals surface area contributed by atoms with Gasteiger partial charge in [0.1, 0.15) is 0 Å². The van der Waals surface area contributed by atoms with E-state index in [4.69, 9.17) is 0 Å². The molecule has 0 radical (unpaired) electrons. The Morgan fingerprint density at radius 3 is 2.72 bits per heavy atom. The second kappa shape index (κ2) is 4.37. The van der Waals surface area contributed by atoms with E-state index in [1.165, 1.54) is 16.7 Å². The first-order valence-corrected chi connectivity index (χ1v) is 6.33. The van der Waals surface area contributed by atoms with Crippen molar-refractivity contribution in [2.24, 2.45) is 0 Å². The molecule has 0 saturated carbocycles. The minimum absolute atomic E-state index is 0.963. The zero-order valence-electron chi connectivity index (χ0n) is 10.8. The Morgan fingerprint density at radius 1 is 1.06 bits per heavy atom. The molecule has 0 aliphatic heterocycles. The van der Waals surface area contributed by atoms with Crippen LogP contribution in [0.2, 0.25) is 0 Å². The normalized spacial score (nSPS) is 16.0. The van der Waals surface area contributed by atoms with Crippen LogP contribution in [0.15, 0.2) is 30.5 Å². The van der Waals surface area contributed by atoms with E-state index in [-0.39, 0.29) is 0 Å². The summed E-state index contributed by atoms with van der Waals surface area (Å²) in [5.41, 5.74) is 7.17. The van der Waals surface area contributed by atoms with Crippen molar-refractivity contribution in [2.45, 2.75) is 26.7 Å². The van der Waals surface area contributed by atoms with Gasteiger partial charge in [-0.25, -0.2) is 0 Å². The largest absolute Gasteiger partial charge is 0.257 e. The van der Waals surface area contributed by atoms with Gasteiger partial charge in [-0.2, -0.15) is 0 Å². The Morgan fingerprint density at radius 2 is 1.89 bits per heavy atom. The molecule has 0 unspecified atom stereocenters. The fourth-order valence-electron chi connectivity index (χ4n) is 2.41. The van der Waals surface area contributed by atoms with Crippen molar-refractivity contribution in [1.29, 1.82) is 0 Å². The lowest BCUT2D eigenvalue weighted by atomic mass is 10.1. The molecule has 1 aliphatic rings. The number of hydrogen-bond donors (Lipinski definition) is 0. The van der Waals surface area contributed by atoms with Crippen molar-refractivity contribution in [1.82, 2.24) is 9.97 Å². The highest BCUT2D eigenvalue weighted by Gasteiger charge is 2.15. The molecule has 0 spiro atoms. The van der Waals surface area contributed by atoms with Crippen LogP contribution in [0.5, 0.6) is 0 Å². The summed E-state index contributed by atoms with van der Waals surface area (Å²) in [6.07, 6.45) is 6.27. The van der Waals surface area contributed by atoms with Crippen LogP contribution in [0.3, 0.4) is 0 Å². The monoisotopic (exact) mass is 236 g/mol. The molecule has 1 aromatic carbocycles. The lowest BCUT2D eigenvalue weighted by molar-refractivity contribution is 1.03. The highest BCUT2D eigenvalue weighted by atomic mass is 14.8. The first kappa shape index (κ1) is 11.1. The average molecular weight is 236 g/mol. The number of allylic oxidation sites excluding steroid dienone is 1. The summed E-state index contributed by atoms with van der Waals surface area (Å²) >= 11 is 0. The maximum atomic E-state index is 4.57. The molecule has 0 atom stereocenters. The highest BCUT2D eigenvalue weighted by Crippen LogP contribution is 2.32. The molecule has 18 heavy (non-hydrogen) atoms. The molecule has 1 aromatic heterocycles. The molecule has 0 N–H and O–H groups in total. The first-order chi connectivity index (χ1) is 8.74. The zero-order valence-corrected chi connectivity index (χ0v) is 10.8. The smallest absolute Gasteiger partial charge is 0.0819 e. The fraction of sp³-hybridized carbons (Fsp3) is 0.250. The number of fused-ring (bicyclic) bond motifs is 1. The van der Waals surface area contributed by atoms with Crippen LogP contribution in [0.1, 0.15) is 34.6 Å². The van der Waals surface area contributed by atoms with Gasteiger partial charge < -0.3 is 0 Å². The van der Waals surface area contributed by atoms with Gasteiger partial charge in [-0.3, -0.25) is 9.97 Å². The standard InChI is InChI=1S/C16H16N2/c1-11-12(2)18-15(10-17-11)9-14-8-7-13-5-3-4-6-16(13)14/h3-6,9-10H,7-8H2,1-2H3. The Kier molecular flexibility index (Phi) is 2.71. The molecule has 2 aromatic rings. The van der Waals surface area contributed by atoms with E-state index in [9.17, 15) is 0 Å². The third-order valence-corrected chi connectivity index (χ3v) is 3.56. The van der Waals surface area contributed by atoms with Crippen LogP contribution < -0.4 is 0 Å². The number of hydrogen-bond acceptors (Lipinski definition) is 2. The number of rotatable bonds is 1. The molecule has 1 aliphatic carbocycles. The van der Waals surface area contributed by atoms with Gasteiger partial charge in [0.2, 0.25) is 0 Å². The van der Waals surface area contributed by atoms with E-state index < -0.39 is 0 Å². The lowest BCUT2D eigenvalue weighted by Gasteiger charge is -2.02. The average Bonchev–Trinajstić information content (AvgIpc) is 2.78. The quantitative estimate of drug-likeness (QED) is 0.756. The lowest BCUT2D eigenvalue weighted by Crippen LogP contribution is -1.93. The predicted octanol–water partition coefficient (Wildman–Crippen LogP) is 3.58. The van der Waals surface area contributed by atoms with E-state index in [0.717, 1.165) is 29.9 Å². The fourth-order valence-corrected chi connectivity index (χ4v) is 2.41. The van der Waals surface area contributed by atoms with Crippen molar-refractivity contribution in [3.63, 3.8) is 0 Å². The van der Waals surface area contributed by atoms with Crippen LogP contribution in [0, 0.1) is 13.8 Å². The molecule has 0 amide bonds. The maximum Gasteiger partial charge on any atom is 0.0819 e. The van der Waals surface area contributed by atoms with Gasteiger partial charge in [-0.15, -0.1) is 0 Å². The molecule has 90 valence electrons. The van der Waals surface area contributed by atoms with Gasteiger partial charge in [0, 0.05) is 0 Å². The number of aromatic nitrogens is 2. The molecule has 0 bridgehead atoms. The molecule has 1 heterocycles. The van der Waals surface area contributed by atoms with Gasteiger partial charge in [0.25, 0.3) is 0 Å². The van der Waals surface area contributed by atoms with E-state index >= 15 is 0 Å². The summed E-state index contributed by atoms with van der Waals surface area (Å²) in [5.74, 6) is 0. The number of benzene rings is 1. The minimum Gasteiger partial charge on any atom is -0.257 e. The third-order valence-electron chi connectivity index (χ3n) is 3.56. The van der Waals surface area contributed by atoms with Gasteiger partial charge >= 0.3 is 0 Å². The molecule has 2 heteroatoms. The Balaban J connectivity index is 2.01. The number of aryl methyl sites for hydroxylation is 3. The second-order valence-corrected chi connectivity index (χ2v) is 4.79. The SMILES string of the molecule is Cc1ncc(C=C2CCc3ccccc32)nc1C. The summed E-state index contributed by atoms with van der Waals surface area (Å²) in [5, 5.41) is 0. The second-order valence-electron chi connectivity index (χ2n) is 4.79. The Bertz CT molecular complexity index is 627. The van der Waals surface area contributed by atoms with Gasteiger partial charge in [-0.1, -0.05) is 24.3 Å². The summed E-state index contributed by atoms with van der Waals surface area (Å²) in [4.78, 5) is 8.94.